The molecular weight excluding hydrogens is 230 g/mol. The zero-order chi connectivity index (χ0) is 13.0. The molecule has 0 aliphatic heterocycles. The smallest absolute Gasteiger partial charge is 0.162 e. The van der Waals surface area contributed by atoms with Crippen LogP contribution in [-0.4, -0.2) is 24.4 Å². The highest BCUT2D eigenvalue weighted by atomic mass is 16.5. The van der Waals surface area contributed by atoms with Gasteiger partial charge in [0.1, 0.15) is 6.10 Å². The van der Waals surface area contributed by atoms with Crippen LogP contribution in [0.3, 0.4) is 0 Å². The van der Waals surface area contributed by atoms with Gasteiger partial charge < -0.3 is 14.6 Å². The maximum atomic E-state index is 9.88. The van der Waals surface area contributed by atoms with E-state index in [0.29, 0.717) is 17.1 Å². The lowest BCUT2D eigenvalue weighted by Crippen LogP contribution is -2.34. The Balaban J connectivity index is 2.15. The lowest BCUT2D eigenvalue weighted by atomic mass is 9.95. The molecule has 1 saturated carbocycles. The summed E-state index contributed by atoms with van der Waals surface area (Å²) in [6.07, 6.45) is 3.15. The van der Waals surface area contributed by atoms with Gasteiger partial charge in [-0.25, -0.2) is 0 Å². The van der Waals surface area contributed by atoms with E-state index in [-0.39, 0.29) is 6.10 Å². The van der Waals surface area contributed by atoms with Gasteiger partial charge >= 0.3 is 0 Å². The molecule has 1 aromatic rings. The number of ether oxygens (including phenoxy) is 2. The monoisotopic (exact) mass is 247 g/mol. The highest BCUT2D eigenvalue weighted by Gasteiger charge is 2.25. The fraction of sp³-hybridized carbons (Fsp3) is 0.500. The Labute approximate surface area is 107 Å². The van der Waals surface area contributed by atoms with Crippen molar-refractivity contribution in [2.24, 2.45) is 0 Å². The molecule has 2 unspecified atom stereocenters. The maximum Gasteiger partial charge on any atom is 0.162 e. The average Bonchev–Trinajstić information content (AvgIpc) is 2.41. The standard InChI is InChI=1S/C14H17NO3/c1-17-14-8-10(9-15)6-7-13(14)18-12-5-3-2-4-11(12)16/h6-8,11-12,16H,2-5H2,1H3. The third kappa shape index (κ3) is 2.74. The van der Waals surface area contributed by atoms with Gasteiger partial charge in [-0.3, -0.25) is 0 Å². The van der Waals surface area contributed by atoms with Crippen LogP contribution >= 0.6 is 0 Å². The lowest BCUT2D eigenvalue weighted by molar-refractivity contribution is 0.00568. The summed E-state index contributed by atoms with van der Waals surface area (Å²) in [5.74, 6) is 1.12. The van der Waals surface area contributed by atoms with Crippen LogP contribution in [0, 0.1) is 11.3 Å². The highest BCUT2D eigenvalue weighted by molar-refractivity contribution is 5.46. The second-order valence-electron chi connectivity index (χ2n) is 4.49. The summed E-state index contributed by atoms with van der Waals surface area (Å²) >= 11 is 0. The molecule has 18 heavy (non-hydrogen) atoms. The van der Waals surface area contributed by atoms with Crippen LogP contribution in [0.2, 0.25) is 0 Å². The van der Waals surface area contributed by atoms with Crippen molar-refractivity contribution in [1.29, 1.82) is 5.26 Å². The van der Waals surface area contributed by atoms with Gasteiger partial charge in [-0.05, 0) is 31.4 Å². The summed E-state index contributed by atoms with van der Waals surface area (Å²) in [4.78, 5) is 0. The quantitative estimate of drug-likeness (QED) is 0.889. The Bertz CT molecular complexity index is 453. The minimum absolute atomic E-state index is 0.180. The summed E-state index contributed by atoms with van der Waals surface area (Å²) in [5.41, 5.74) is 0.531. The third-order valence-electron chi connectivity index (χ3n) is 3.24. The third-order valence-corrected chi connectivity index (χ3v) is 3.24. The molecule has 96 valence electrons. The summed E-state index contributed by atoms with van der Waals surface area (Å²) in [6.45, 7) is 0. The number of hydrogen-bond donors (Lipinski definition) is 1. The number of methoxy groups -OCH3 is 1. The van der Waals surface area contributed by atoms with Crippen molar-refractivity contribution >= 4 is 0 Å². The van der Waals surface area contributed by atoms with Gasteiger partial charge in [0.15, 0.2) is 11.5 Å². The molecule has 1 aliphatic carbocycles. The Kier molecular flexibility index (Phi) is 4.06. The van der Waals surface area contributed by atoms with E-state index in [9.17, 15) is 5.11 Å². The Morgan fingerprint density at radius 3 is 2.72 bits per heavy atom. The Hall–Kier alpha value is -1.73. The van der Waals surface area contributed by atoms with E-state index in [4.69, 9.17) is 14.7 Å². The second-order valence-corrected chi connectivity index (χ2v) is 4.49. The van der Waals surface area contributed by atoms with Crippen molar-refractivity contribution in [3.05, 3.63) is 23.8 Å². The number of rotatable bonds is 3. The first-order valence-electron chi connectivity index (χ1n) is 6.17. The Morgan fingerprint density at radius 2 is 2.06 bits per heavy atom. The van der Waals surface area contributed by atoms with Gasteiger partial charge in [-0.1, -0.05) is 6.42 Å². The van der Waals surface area contributed by atoms with Crippen molar-refractivity contribution in [3.8, 4) is 17.6 Å². The molecule has 0 aromatic heterocycles. The second kappa shape index (κ2) is 5.74. The summed E-state index contributed by atoms with van der Waals surface area (Å²) in [7, 11) is 1.54. The SMILES string of the molecule is COc1cc(C#N)ccc1OC1CCCCC1O. The molecule has 4 nitrogen and oxygen atoms in total. The molecule has 2 atom stereocenters. The molecule has 1 N–H and O–H groups in total. The van der Waals surface area contributed by atoms with E-state index in [1.54, 1.807) is 25.3 Å². The number of hydrogen-bond acceptors (Lipinski definition) is 4. The van der Waals surface area contributed by atoms with Gasteiger partial charge in [0, 0.05) is 6.07 Å². The number of nitriles is 1. The van der Waals surface area contributed by atoms with Gasteiger partial charge in [0.25, 0.3) is 0 Å². The molecule has 0 amide bonds. The van der Waals surface area contributed by atoms with Crippen molar-refractivity contribution in [2.75, 3.05) is 7.11 Å². The molecule has 1 aliphatic rings. The van der Waals surface area contributed by atoms with Crippen LogP contribution in [0.5, 0.6) is 11.5 Å². The molecule has 0 spiro atoms. The van der Waals surface area contributed by atoms with Gasteiger partial charge in [-0.15, -0.1) is 0 Å². The average molecular weight is 247 g/mol. The molecule has 0 radical (unpaired) electrons. The van der Waals surface area contributed by atoms with Gasteiger partial charge in [-0.2, -0.15) is 5.26 Å². The molecule has 0 heterocycles. The van der Waals surface area contributed by atoms with Crippen LogP contribution in [-0.2, 0) is 0 Å². The van der Waals surface area contributed by atoms with E-state index in [2.05, 4.69) is 6.07 Å². The van der Waals surface area contributed by atoms with Crippen LogP contribution in [0.15, 0.2) is 18.2 Å². The summed E-state index contributed by atoms with van der Waals surface area (Å²) in [6, 6.07) is 7.11. The normalized spacial score (nSPS) is 23.2. The molecule has 2 rings (SSSR count). The van der Waals surface area contributed by atoms with E-state index in [1.165, 1.54) is 0 Å². The van der Waals surface area contributed by atoms with Crippen LogP contribution in [0.4, 0.5) is 0 Å². The predicted octanol–water partition coefficient (Wildman–Crippen LogP) is 2.25. The van der Waals surface area contributed by atoms with Gasteiger partial charge in [0.05, 0.1) is 24.8 Å². The molecule has 0 bridgehead atoms. The minimum atomic E-state index is -0.418. The summed E-state index contributed by atoms with van der Waals surface area (Å²) in [5, 5.41) is 18.7. The van der Waals surface area contributed by atoms with E-state index in [0.717, 1.165) is 25.7 Å². The van der Waals surface area contributed by atoms with Crippen LogP contribution in [0.1, 0.15) is 31.2 Å². The first kappa shape index (κ1) is 12.7. The molecule has 4 heteroatoms. The van der Waals surface area contributed by atoms with Crippen LogP contribution in [0.25, 0.3) is 0 Å². The van der Waals surface area contributed by atoms with E-state index >= 15 is 0 Å². The van der Waals surface area contributed by atoms with Crippen molar-refractivity contribution in [3.63, 3.8) is 0 Å². The lowest BCUT2D eigenvalue weighted by Gasteiger charge is -2.28. The zero-order valence-corrected chi connectivity index (χ0v) is 10.4. The minimum Gasteiger partial charge on any atom is -0.493 e. The van der Waals surface area contributed by atoms with Gasteiger partial charge in [0.2, 0.25) is 0 Å². The molecule has 1 aromatic carbocycles. The van der Waals surface area contributed by atoms with Crippen LogP contribution < -0.4 is 9.47 Å². The predicted molar refractivity (Wildman–Crippen MR) is 66.6 cm³/mol. The Morgan fingerprint density at radius 1 is 1.28 bits per heavy atom. The number of aliphatic hydroxyl groups is 1. The molecule has 0 saturated heterocycles. The number of benzene rings is 1. The fourth-order valence-electron chi connectivity index (χ4n) is 2.21. The number of nitrogens with zero attached hydrogens (tertiary/aromatic N) is 1. The van der Waals surface area contributed by atoms with E-state index < -0.39 is 6.10 Å². The number of aliphatic hydroxyl groups excluding tert-OH is 1. The van der Waals surface area contributed by atoms with Crippen molar-refractivity contribution in [2.45, 2.75) is 37.9 Å². The van der Waals surface area contributed by atoms with E-state index in [1.807, 2.05) is 0 Å². The zero-order valence-electron chi connectivity index (χ0n) is 10.4. The fourth-order valence-corrected chi connectivity index (χ4v) is 2.21. The molecule has 1 fully saturated rings. The topological polar surface area (TPSA) is 62.5 Å². The maximum absolute atomic E-state index is 9.88. The largest absolute Gasteiger partial charge is 0.493 e. The summed E-state index contributed by atoms with van der Waals surface area (Å²) < 4.78 is 11.0. The molecular formula is C14H17NO3. The first-order valence-corrected chi connectivity index (χ1v) is 6.17. The van der Waals surface area contributed by atoms with Crippen molar-refractivity contribution < 1.29 is 14.6 Å². The highest BCUT2D eigenvalue weighted by Crippen LogP contribution is 2.31. The first-order chi connectivity index (χ1) is 8.74. The van der Waals surface area contributed by atoms with Crippen molar-refractivity contribution in [1.82, 2.24) is 0 Å².